The zero-order valence-electron chi connectivity index (χ0n) is 13.6. The first-order chi connectivity index (χ1) is 12.1. The van der Waals surface area contributed by atoms with E-state index in [1.807, 2.05) is 18.2 Å². The topological polar surface area (TPSA) is 9.23 Å². The summed E-state index contributed by atoms with van der Waals surface area (Å²) in [6, 6.07) is 20.8. The van der Waals surface area contributed by atoms with Crippen LogP contribution in [0.15, 0.2) is 66.0 Å². The predicted molar refractivity (Wildman–Crippen MR) is 104 cm³/mol. The summed E-state index contributed by atoms with van der Waals surface area (Å²) in [4.78, 5) is 1.09. The van der Waals surface area contributed by atoms with Crippen molar-refractivity contribution in [2.24, 2.45) is 5.92 Å². The Morgan fingerprint density at radius 2 is 1.64 bits per heavy atom. The third kappa shape index (κ3) is 1.96. The molecule has 0 N–H and O–H groups in total. The van der Waals surface area contributed by atoms with Gasteiger partial charge in [0.1, 0.15) is 5.75 Å². The van der Waals surface area contributed by atoms with E-state index in [1.54, 1.807) is 11.3 Å². The third-order valence-electron chi connectivity index (χ3n) is 5.51. The molecule has 5 rings (SSSR count). The van der Waals surface area contributed by atoms with Gasteiger partial charge in [0.2, 0.25) is 0 Å². The maximum atomic E-state index is 6.90. The normalized spacial score (nSPS) is 28.6. The molecule has 1 saturated carbocycles. The van der Waals surface area contributed by atoms with Crippen molar-refractivity contribution < 1.29 is 4.74 Å². The van der Waals surface area contributed by atoms with Gasteiger partial charge in [0.05, 0.1) is 10.8 Å². The van der Waals surface area contributed by atoms with Crippen molar-refractivity contribution in [3.8, 4) is 5.75 Å². The molecule has 0 bridgehead atoms. The maximum Gasteiger partial charge on any atom is 0.183 e. The number of benzene rings is 2. The molecule has 1 fully saturated rings. The minimum absolute atomic E-state index is 0.0158. The fraction of sp³-hybridized carbons (Fsp3) is 0.238. The molecule has 1 aliphatic carbocycles. The molecule has 1 nitrogen and oxygen atoms in total. The van der Waals surface area contributed by atoms with Crippen LogP contribution in [0.5, 0.6) is 5.75 Å². The lowest BCUT2D eigenvalue weighted by Gasteiger charge is -2.31. The van der Waals surface area contributed by atoms with Crippen molar-refractivity contribution in [2.45, 2.75) is 22.8 Å². The van der Waals surface area contributed by atoms with Crippen LogP contribution < -0.4 is 4.74 Å². The molecule has 0 saturated heterocycles. The molecule has 1 aromatic heterocycles. The summed E-state index contributed by atoms with van der Waals surface area (Å²) in [5, 5.41) is 2.05. The standard InChI is InChI=1S/C21H16Cl2OS/c1-13-7-2-3-8-14(13)18-15-9-4-5-10-16(15)24-20(17-11-6-12-25-17)19(18)21(20,22)23/h2-12,18-19H,1H3/t18-,19+,20+/m1/s1. The Labute approximate surface area is 161 Å². The lowest BCUT2D eigenvalue weighted by atomic mass is 9.81. The minimum Gasteiger partial charge on any atom is -0.478 e. The van der Waals surface area contributed by atoms with Crippen LogP contribution in [-0.2, 0) is 5.60 Å². The summed E-state index contributed by atoms with van der Waals surface area (Å²) in [5.74, 6) is 0.977. The third-order valence-corrected chi connectivity index (χ3v) is 7.53. The van der Waals surface area contributed by atoms with Crippen molar-refractivity contribution in [1.29, 1.82) is 0 Å². The highest BCUT2D eigenvalue weighted by Crippen LogP contribution is 2.77. The van der Waals surface area contributed by atoms with Crippen LogP contribution >= 0.6 is 34.5 Å². The molecule has 0 radical (unpaired) electrons. The summed E-state index contributed by atoms with van der Waals surface area (Å²) < 4.78 is 5.54. The molecule has 0 spiro atoms. The van der Waals surface area contributed by atoms with E-state index in [4.69, 9.17) is 27.9 Å². The highest BCUT2D eigenvalue weighted by Gasteiger charge is 2.84. The van der Waals surface area contributed by atoms with Crippen LogP contribution in [-0.4, -0.2) is 4.33 Å². The maximum absolute atomic E-state index is 6.90. The molecule has 3 atom stereocenters. The van der Waals surface area contributed by atoms with Gasteiger partial charge in [0, 0.05) is 11.5 Å². The van der Waals surface area contributed by atoms with Gasteiger partial charge in [0.25, 0.3) is 0 Å². The van der Waals surface area contributed by atoms with E-state index in [-0.39, 0.29) is 11.8 Å². The number of ether oxygens (including phenoxy) is 1. The number of aryl methyl sites for hydroxylation is 1. The number of hydrogen-bond donors (Lipinski definition) is 0. The average molecular weight is 387 g/mol. The van der Waals surface area contributed by atoms with Crippen LogP contribution in [0.2, 0.25) is 0 Å². The molecule has 2 aromatic carbocycles. The highest BCUT2D eigenvalue weighted by atomic mass is 35.5. The van der Waals surface area contributed by atoms with Crippen molar-refractivity contribution in [3.63, 3.8) is 0 Å². The zero-order chi connectivity index (χ0) is 17.2. The largest absolute Gasteiger partial charge is 0.478 e. The number of halogens is 2. The first kappa shape index (κ1) is 15.7. The molecule has 2 heterocycles. The van der Waals surface area contributed by atoms with Crippen molar-refractivity contribution in [1.82, 2.24) is 0 Å². The lowest BCUT2D eigenvalue weighted by molar-refractivity contribution is 0.141. The Balaban J connectivity index is 1.77. The fourth-order valence-corrected chi connectivity index (χ4v) is 6.35. The van der Waals surface area contributed by atoms with Gasteiger partial charge in [-0.25, -0.2) is 0 Å². The number of alkyl halides is 2. The number of thiophene rings is 1. The summed E-state index contributed by atoms with van der Waals surface area (Å²) in [6.07, 6.45) is 0. The average Bonchev–Trinajstić information content (AvgIpc) is 2.98. The molecule has 1 aliphatic heterocycles. The Bertz CT molecular complexity index is 950. The van der Waals surface area contributed by atoms with Gasteiger partial charge in [-0.3, -0.25) is 0 Å². The Kier molecular flexibility index (Phi) is 3.31. The Morgan fingerprint density at radius 1 is 0.920 bits per heavy atom. The number of fused-ring (bicyclic) bond motifs is 2. The summed E-state index contributed by atoms with van der Waals surface area (Å²) in [6.45, 7) is 2.15. The second-order valence-corrected chi connectivity index (χ2v) is 9.12. The predicted octanol–water partition coefficient (Wildman–Crippen LogP) is 6.28. The van der Waals surface area contributed by atoms with E-state index in [9.17, 15) is 0 Å². The Morgan fingerprint density at radius 3 is 2.36 bits per heavy atom. The van der Waals surface area contributed by atoms with E-state index in [2.05, 4.69) is 54.8 Å². The second kappa shape index (κ2) is 5.26. The van der Waals surface area contributed by atoms with Crippen LogP contribution in [0.1, 0.15) is 27.5 Å². The number of para-hydroxylation sites is 1. The van der Waals surface area contributed by atoms with E-state index in [0.717, 1.165) is 16.2 Å². The first-order valence-corrected chi connectivity index (χ1v) is 9.96. The summed E-state index contributed by atoms with van der Waals surface area (Å²) in [5.41, 5.74) is 3.01. The number of rotatable bonds is 2. The van der Waals surface area contributed by atoms with Crippen LogP contribution in [0, 0.1) is 12.8 Å². The number of hydrogen-bond acceptors (Lipinski definition) is 2. The monoisotopic (exact) mass is 386 g/mol. The molecular weight excluding hydrogens is 371 g/mol. The Hall–Kier alpha value is -1.48. The van der Waals surface area contributed by atoms with Gasteiger partial charge in [-0.1, -0.05) is 71.7 Å². The van der Waals surface area contributed by atoms with Crippen molar-refractivity contribution in [2.75, 3.05) is 0 Å². The first-order valence-electron chi connectivity index (χ1n) is 8.32. The molecule has 2 aliphatic rings. The molecule has 126 valence electrons. The van der Waals surface area contributed by atoms with Gasteiger partial charge in [-0.05, 0) is 35.6 Å². The van der Waals surface area contributed by atoms with E-state index in [1.165, 1.54) is 11.1 Å². The molecule has 0 unspecified atom stereocenters. The van der Waals surface area contributed by atoms with E-state index >= 15 is 0 Å². The summed E-state index contributed by atoms with van der Waals surface area (Å²) >= 11 is 15.4. The van der Waals surface area contributed by atoms with Gasteiger partial charge in [0.15, 0.2) is 9.93 Å². The van der Waals surface area contributed by atoms with Crippen molar-refractivity contribution >= 4 is 34.5 Å². The van der Waals surface area contributed by atoms with E-state index < -0.39 is 9.93 Å². The second-order valence-electron chi connectivity index (χ2n) is 6.79. The molecular formula is C21H16Cl2OS. The zero-order valence-corrected chi connectivity index (χ0v) is 15.9. The molecule has 3 aromatic rings. The van der Waals surface area contributed by atoms with Crippen LogP contribution in [0.4, 0.5) is 0 Å². The van der Waals surface area contributed by atoms with Crippen LogP contribution in [0.25, 0.3) is 0 Å². The lowest BCUT2D eigenvalue weighted by Crippen LogP contribution is -2.28. The van der Waals surface area contributed by atoms with Gasteiger partial charge < -0.3 is 4.74 Å². The van der Waals surface area contributed by atoms with Gasteiger partial charge in [-0.15, -0.1) is 11.3 Å². The van der Waals surface area contributed by atoms with Gasteiger partial charge in [-0.2, -0.15) is 0 Å². The van der Waals surface area contributed by atoms with Crippen molar-refractivity contribution in [3.05, 3.63) is 87.6 Å². The molecule has 4 heteroatoms. The SMILES string of the molecule is Cc1ccccc1[C@@H]1c2ccccc2O[C@@]2(c3cccs3)[C@H]1C2(Cl)Cl. The smallest absolute Gasteiger partial charge is 0.183 e. The quantitative estimate of drug-likeness (QED) is 0.470. The molecule has 0 amide bonds. The fourth-order valence-electron chi connectivity index (χ4n) is 4.31. The van der Waals surface area contributed by atoms with Crippen LogP contribution in [0.3, 0.4) is 0 Å². The van der Waals surface area contributed by atoms with E-state index in [0.29, 0.717) is 0 Å². The highest BCUT2D eigenvalue weighted by molar-refractivity contribution is 7.10. The molecule has 25 heavy (non-hydrogen) atoms. The van der Waals surface area contributed by atoms with Gasteiger partial charge >= 0.3 is 0 Å². The minimum atomic E-state index is -0.955. The summed E-state index contributed by atoms with van der Waals surface area (Å²) in [7, 11) is 0.